The van der Waals surface area contributed by atoms with Crippen LogP contribution in [0.25, 0.3) is 0 Å². The Labute approximate surface area is 119 Å². The Morgan fingerprint density at radius 2 is 1.42 bits per heavy atom. The van der Waals surface area contributed by atoms with Gasteiger partial charge >= 0.3 is 0 Å². The van der Waals surface area contributed by atoms with Gasteiger partial charge in [-0.3, -0.25) is 9.80 Å². The third kappa shape index (κ3) is 4.17. The van der Waals surface area contributed by atoms with E-state index in [1.165, 1.54) is 64.7 Å². The van der Waals surface area contributed by atoms with Gasteiger partial charge in [-0.1, -0.05) is 25.7 Å². The molecular formula is C16H33N3. The predicted molar refractivity (Wildman–Crippen MR) is 82.4 cm³/mol. The quantitative estimate of drug-likeness (QED) is 0.792. The van der Waals surface area contributed by atoms with E-state index in [1.54, 1.807) is 0 Å². The lowest BCUT2D eigenvalue weighted by atomic mass is 9.91. The number of hydrogen-bond acceptors (Lipinski definition) is 3. The SMILES string of the molecule is CC(C)(C)N1CCN(C2CCCCCCC2N)CC1. The largest absolute Gasteiger partial charge is 0.326 e. The van der Waals surface area contributed by atoms with Crippen LogP contribution in [0.4, 0.5) is 0 Å². The van der Waals surface area contributed by atoms with Crippen molar-refractivity contribution in [1.29, 1.82) is 0 Å². The summed E-state index contributed by atoms with van der Waals surface area (Å²) in [5.41, 5.74) is 6.76. The van der Waals surface area contributed by atoms with Gasteiger partial charge in [0, 0.05) is 43.8 Å². The van der Waals surface area contributed by atoms with Gasteiger partial charge in [0.2, 0.25) is 0 Å². The highest BCUT2D eigenvalue weighted by Gasteiger charge is 2.31. The third-order valence-electron chi connectivity index (χ3n) is 5.01. The first kappa shape index (κ1) is 15.3. The highest BCUT2D eigenvalue weighted by molar-refractivity contribution is 4.89. The van der Waals surface area contributed by atoms with Crippen LogP contribution in [0.15, 0.2) is 0 Å². The molecule has 0 radical (unpaired) electrons. The van der Waals surface area contributed by atoms with Crippen LogP contribution < -0.4 is 5.73 Å². The van der Waals surface area contributed by atoms with Crippen LogP contribution in [0.2, 0.25) is 0 Å². The average Bonchev–Trinajstić information content (AvgIpc) is 2.34. The molecule has 1 saturated heterocycles. The second-order valence-corrected chi connectivity index (χ2v) is 7.42. The standard InChI is InChI=1S/C16H33N3/c1-16(2,3)19-12-10-18(11-13-19)15-9-7-5-4-6-8-14(15)17/h14-15H,4-13,17H2,1-3H3. The summed E-state index contributed by atoms with van der Waals surface area (Å²) >= 11 is 0. The van der Waals surface area contributed by atoms with Crippen LogP contribution in [-0.2, 0) is 0 Å². The fourth-order valence-corrected chi connectivity index (χ4v) is 3.67. The molecule has 0 aromatic carbocycles. The summed E-state index contributed by atoms with van der Waals surface area (Å²) in [6.07, 6.45) is 8.04. The molecule has 2 unspecified atom stereocenters. The second kappa shape index (κ2) is 6.55. The summed E-state index contributed by atoms with van der Waals surface area (Å²) < 4.78 is 0. The minimum absolute atomic E-state index is 0.315. The Kier molecular flexibility index (Phi) is 5.27. The van der Waals surface area contributed by atoms with Gasteiger partial charge < -0.3 is 5.73 Å². The first-order chi connectivity index (χ1) is 8.98. The molecule has 1 saturated carbocycles. The van der Waals surface area contributed by atoms with Crippen molar-refractivity contribution in [2.24, 2.45) is 5.73 Å². The number of piperazine rings is 1. The smallest absolute Gasteiger partial charge is 0.0248 e. The van der Waals surface area contributed by atoms with E-state index in [-0.39, 0.29) is 0 Å². The van der Waals surface area contributed by atoms with Crippen molar-refractivity contribution in [2.45, 2.75) is 76.9 Å². The molecule has 2 aliphatic rings. The minimum atomic E-state index is 0.315. The van der Waals surface area contributed by atoms with Crippen LogP contribution in [0.1, 0.15) is 59.3 Å². The average molecular weight is 267 g/mol. The molecule has 0 aromatic heterocycles. The molecule has 0 aromatic rings. The molecule has 3 heteroatoms. The lowest BCUT2D eigenvalue weighted by Gasteiger charge is -2.46. The van der Waals surface area contributed by atoms with Gasteiger partial charge in [-0.2, -0.15) is 0 Å². The molecule has 0 amide bonds. The summed E-state index contributed by atoms with van der Waals surface area (Å²) in [6, 6.07) is 1.05. The first-order valence-corrected chi connectivity index (χ1v) is 8.23. The fraction of sp³-hybridized carbons (Fsp3) is 1.00. The van der Waals surface area contributed by atoms with Crippen LogP contribution in [-0.4, -0.2) is 53.6 Å². The zero-order chi connectivity index (χ0) is 13.9. The monoisotopic (exact) mass is 267 g/mol. The fourth-order valence-electron chi connectivity index (χ4n) is 3.67. The van der Waals surface area contributed by atoms with Crippen molar-refractivity contribution in [3.05, 3.63) is 0 Å². The first-order valence-electron chi connectivity index (χ1n) is 8.23. The molecule has 1 aliphatic carbocycles. The molecule has 2 N–H and O–H groups in total. The summed E-state index contributed by atoms with van der Waals surface area (Å²) in [4.78, 5) is 5.29. The van der Waals surface area contributed by atoms with Crippen molar-refractivity contribution < 1.29 is 0 Å². The zero-order valence-corrected chi connectivity index (χ0v) is 13.2. The maximum absolute atomic E-state index is 6.44. The van der Waals surface area contributed by atoms with Gasteiger partial charge in [0.15, 0.2) is 0 Å². The maximum atomic E-state index is 6.44. The highest BCUT2D eigenvalue weighted by Crippen LogP contribution is 2.23. The molecule has 2 fully saturated rings. The highest BCUT2D eigenvalue weighted by atomic mass is 15.3. The van der Waals surface area contributed by atoms with E-state index in [9.17, 15) is 0 Å². The molecule has 2 rings (SSSR count). The second-order valence-electron chi connectivity index (χ2n) is 7.42. The van der Waals surface area contributed by atoms with E-state index < -0.39 is 0 Å². The number of rotatable bonds is 1. The number of nitrogens with two attached hydrogens (primary N) is 1. The lowest BCUT2D eigenvalue weighted by Crippen LogP contribution is -2.58. The topological polar surface area (TPSA) is 32.5 Å². The molecular weight excluding hydrogens is 234 g/mol. The van der Waals surface area contributed by atoms with Gasteiger partial charge in [0.25, 0.3) is 0 Å². The van der Waals surface area contributed by atoms with Crippen molar-refractivity contribution in [2.75, 3.05) is 26.2 Å². The van der Waals surface area contributed by atoms with Crippen LogP contribution in [0.3, 0.4) is 0 Å². The van der Waals surface area contributed by atoms with E-state index in [0.717, 1.165) is 0 Å². The minimum Gasteiger partial charge on any atom is -0.326 e. The molecule has 1 heterocycles. The molecule has 112 valence electrons. The Balaban J connectivity index is 1.88. The van der Waals surface area contributed by atoms with E-state index >= 15 is 0 Å². The molecule has 19 heavy (non-hydrogen) atoms. The Hall–Kier alpha value is -0.120. The van der Waals surface area contributed by atoms with Crippen molar-refractivity contribution in [1.82, 2.24) is 9.80 Å². The van der Waals surface area contributed by atoms with Gasteiger partial charge in [-0.25, -0.2) is 0 Å². The van der Waals surface area contributed by atoms with Crippen molar-refractivity contribution in [3.8, 4) is 0 Å². The summed E-state index contributed by atoms with van der Waals surface area (Å²) in [5, 5.41) is 0. The molecule has 1 aliphatic heterocycles. The number of hydrogen-bond donors (Lipinski definition) is 1. The normalized spacial score (nSPS) is 32.8. The van der Waals surface area contributed by atoms with Gasteiger partial charge in [0.05, 0.1) is 0 Å². The van der Waals surface area contributed by atoms with Gasteiger partial charge in [0.1, 0.15) is 0 Å². The Bertz CT molecular complexity index is 264. The van der Waals surface area contributed by atoms with Gasteiger partial charge in [-0.05, 0) is 33.6 Å². The van der Waals surface area contributed by atoms with Gasteiger partial charge in [-0.15, -0.1) is 0 Å². The number of nitrogens with zero attached hydrogens (tertiary/aromatic N) is 2. The molecule has 0 spiro atoms. The van der Waals surface area contributed by atoms with E-state index in [2.05, 4.69) is 30.6 Å². The summed E-state index contributed by atoms with van der Waals surface area (Å²) in [7, 11) is 0. The van der Waals surface area contributed by atoms with Crippen LogP contribution >= 0.6 is 0 Å². The Morgan fingerprint density at radius 3 is 2.00 bits per heavy atom. The molecule has 2 atom stereocenters. The predicted octanol–water partition coefficient (Wildman–Crippen LogP) is 2.45. The third-order valence-corrected chi connectivity index (χ3v) is 5.01. The lowest BCUT2D eigenvalue weighted by molar-refractivity contribution is 0.0311. The molecule has 0 bridgehead atoms. The van der Waals surface area contributed by atoms with Crippen LogP contribution in [0.5, 0.6) is 0 Å². The summed E-state index contributed by atoms with van der Waals surface area (Å²) in [6.45, 7) is 11.8. The molecule has 3 nitrogen and oxygen atoms in total. The van der Waals surface area contributed by atoms with Crippen molar-refractivity contribution in [3.63, 3.8) is 0 Å². The summed E-state index contributed by atoms with van der Waals surface area (Å²) in [5.74, 6) is 0. The van der Waals surface area contributed by atoms with E-state index in [1.807, 2.05) is 0 Å². The Morgan fingerprint density at radius 1 is 0.842 bits per heavy atom. The maximum Gasteiger partial charge on any atom is 0.0248 e. The van der Waals surface area contributed by atoms with E-state index in [4.69, 9.17) is 5.73 Å². The zero-order valence-electron chi connectivity index (χ0n) is 13.2. The van der Waals surface area contributed by atoms with Crippen molar-refractivity contribution >= 4 is 0 Å². The van der Waals surface area contributed by atoms with Crippen LogP contribution in [0, 0.1) is 0 Å². The van der Waals surface area contributed by atoms with E-state index in [0.29, 0.717) is 17.6 Å².